The molecule has 0 saturated heterocycles. The fourth-order valence-electron chi connectivity index (χ4n) is 9.80. The first kappa shape index (κ1) is 77.8. The van der Waals surface area contributed by atoms with Crippen molar-refractivity contribution in [2.24, 2.45) is 0 Å². The van der Waals surface area contributed by atoms with Crippen LogP contribution in [0.15, 0.2) is 170 Å². The number of carbonyl (C=O) groups is 2. The molecule has 2 saturated carbocycles. The van der Waals surface area contributed by atoms with E-state index in [0.717, 1.165) is 73.5 Å². The number of hydrogen-bond donors (Lipinski definition) is 2. The Morgan fingerprint density at radius 3 is 1.24 bits per heavy atom. The predicted molar refractivity (Wildman–Crippen MR) is 329 cm³/mol. The van der Waals surface area contributed by atoms with E-state index in [1.54, 1.807) is 81.4 Å². The van der Waals surface area contributed by atoms with Crippen molar-refractivity contribution in [3.63, 3.8) is 0 Å². The summed E-state index contributed by atoms with van der Waals surface area (Å²) in [6.07, 6.45) is -26.7. The Labute approximate surface area is 570 Å². The van der Waals surface area contributed by atoms with Crippen LogP contribution in [0.3, 0.4) is 0 Å². The molecule has 3 atom stereocenters. The second-order valence-corrected chi connectivity index (χ2v) is 26.2. The SMILES string of the molecule is CC(C)(C)[S@](=O)N[C@@](Cc1ccccc1)(c1cc(F)cc(OC(F)(F)C(F)F)c1)c1ccc(F)c(OC2CC2)c1.O=C(Cl)c1ccc(F)c(C(F)(F)F)c1.O=C(N[C@@](Cc1ccccc1)(c1cc(F)cc(OC(F)(F)C(F)F)c1)c1ccc(F)c(OC2CC2)c1)c1ccc(F)c(C(F)(F)F)c1. The molecule has 8 aromatic rings. The number of ether oxygens (including phenoxy) is 4. The van der Waals surface area contributed by atoms with Crippen molar-refractivity contribution in [1.29, 1.82) is 0 Å². The molecule has 2 N–H and O–H groups in total. The molecule has 0 bridgehead atoms. The van der Waals surface area contributed by atoms with E-state index in [2.05, 4.69) is 19.5 Å². The van der Waals surface area contributed by atoms with Crippen LogP contribution < -0.4 is 29.0 Å². The van der Waals surface area contributed by atoms with Gasteiger partial charge in [0, 0.05) is 29.7 Å². The summed E-state index contributed by atoms with van der Waals surface area (Å²) in [6.45, 7) is 5.08. The number of benzene rings is 8. The second-order valence-electron chi connectivity index (χ2n) is 23.9. The first-order valence-corrected chi connectivity index (χ1v) is 31.4. The molecule has 540 valence electrons. The molecule has 10 rings (SSSR count). The molecule has 1 amide bonds. The third kappa shape index (κ3) is 20.2. The van der Waals surface area contributed by atoms with Crippen LogP contribution in [0, 0.1) is 34.9 Å². The first-order valence-electron chi connectivity index (χ1n) is 29.9. The molecule has 101 heavy (non-hydrogen) atoms. The van der Waals surface area contributed by atoms with Gasteiger partial charge in [-0.25, -0.2) is 35.3 Å². The summed E-state index contributed by atoms with van der Waals surface area (Å²) < 4.78 is 306. The largest absolute Gasteiger partial charge is 0.487 e. The van der Waals surface area contributed by atoms with E-state index in [4.69, 9.17) is 21.1 Å². The Bertz CT molecular complexity index is 4270. The lowest BCUT2D eigenvalue weighted by Crippen LogP contribution is -2.50. The monoisotopic (exact) mass is 1480 g/mol. The minimum Gasteiger partial charge on any atom is -0.487 e. The van der Waals surface area contributed by atoms with Crippen LogP contribution in [0.4, 0.5) is 87.8 Å². The normalized spacial score (nSPS) is 15.0. The Morgan fingerprint density at radius 1 is 0.475 bits per heavy atom. The third-order valence-corrected chi connectivity index (χ3v) is 16.9. The van der Waals surface area contributed by atoms with E-state index in [1.165, 1.54) is 12.1 Å². The van der Waals surface area contributed by atoms with E-state index in [-0.39, 0.29) is 64.9 Å². The van der Waals surface area contributed by atoms with Crippen molar-refractivity contribution in [3.8, 4) is 23.0 Å². The molecule has 9 nitrogen and oxygen atoms in total. The van der Waals surface area contributed by atoms with Crippen molar-refractivity contribution in [2.45, 2.75) is 125 Å². The Morgan fingerprint density at radius 2 is 0.851 bits per heavy atom. The minimum absolute atomic E-state index is 0.0156. The number of carbonyl (C=O) groups excluding carboxylic acids is 2. The van der Waals surface area contributed by atoms with E-state index in [1.807, 2.05) is 0 Å². The highest BCUT2D eigenvalue weighted by Gasteiger charge is 2.48. The van der Waals surface area contributed by atoms with Crippen LogP contribution >= 0.6 is 11.6 Å². The molecule has 0 unspecified atom stereocenters. The van der Waals surface area contributed by atoms with Crippen LogP contribution in [0.2, 0.25) is 0 Å². The molecule has 0 aliphatic heterocycles. The molecule has 0 aromatic heterocycles. The average Bonchev–Trinajstić information content (AvgIpc) is 1.34. The standard InChI is InChI=1S/C33H23F10NO3.C29H29F6NO3S.C8H3ClF4O/c34-22-13-21(14-24(16-22)47-33(42,43)30(37)38)31(17-18-4-2-1-3-5-18,20-7-11-27(36)28(15-20)46-23-8-9-23)44-29(45)19-6-10-26(35)25(12-19)32(39,40)41;1-27(2,3)40(37)36-28(17-18-7-5-4-6-8-18,19-9-12-24(31)25(15-19)38-22-10-11-22)20-13-21(30)16-23(14-20)39-29(34,35)26(32)33;9-7(14)4-1-2-6(10)5(3-4)8(11,12)13/h1-7,10-16,23,30H,8-9,17H2,(H,44,45);4-9,12-16,22,26,36H,10-11,17H2,1-3H3;1-3H/t31-;28-,40+;/m11./s1. The maximum atomic E-state index is 15.1. The van der Waals surface area contributed by atoms with E-state index in [0.29, 0.717) is 54.3 Å². The van der Waals surface area contributed by atoms with Crippen LogP contribution in [-0.2, 0) is 47.3 Å². The highest BCUT2D eigenvalue weighted by Crippen LogP contribution is 2.44. The lowest BCUT2D eigenvalue weighted by molar-refractivity contribution is -0.253. The van der Waals surface area contributed by atoms with Gasteiger partial charge in [-0.2, -0.15) is 61.5 Å². The van der Waals surface area contributed by atoms with Crippen molar-refractivity contribution in [2.75, 3.05) is 0 Å². The first-order chi connectivity index (χ1) is 47.1. The summed E-state index contributed by atoms with van der Waals surface area (Å²) in [5.74, 6) is -10.6. The quantitative estimate of drug-likeness (QED) is 0.0485. The molecule has 0 radical (unpaired) electrons. The molecule has 0 spiro atoms. The number of nitrogens with one attached hydrogen (secondary N) is 2. The molecule has 2 aliphatic rings. The zero-order valence-corrected chi connectivity index (χ0v) is 54.0. The van der Waals surface area contributed by atoms with Crippen molar-refractivity contribution in [3.05, 3.63) is 260 Å². The van der Waals surface area contributed by atoms with Gasteiger partial charge in [-0.15, -0.1) is 0 Å². The number of hydrogen-bond acceptors (Lipinski definition) is 7. The fraction of sp³-hybridized carbons (Fsp3) is 0.286. The van der Waals surface area contributed by atoms with E-state index < -0.39 is 144 Å². The summed E-state index contributed by atoms with van der Waals surface area (Å²) >= 11 is 4.95. The highest BCUT2D eigenvalue weighted by atomic mass is 35.5. The van der Waals surface area contributed by atoms with Gasteiger partial charge in [0.2, 0.25) is 0 Å². The molecule has 2 aliphatic carbocycles. The van der Waals surface area contributed by atoms with Gasteiger partial charge in [0.05, 0.1) is 50.1 Å². The van der Waals surface area contributed by atoms with Gasteiger partial charge < -0.3 is 24.3 Å². The minimum atomic E-state index is -5.20. The van der Waals surface area contributed by atoms with Gasteiger partial charge in [-0.3, -0.25) is 9.59 Å². The number of halogens is 21. The summed E-state index contributed by atoms with van der Waals surface area (Å²) in [5.41, 5.74) is -7.34. The van der Waals surface area contributed by atoms with E-state index >= 15 is 4.39 Å². The van der Waals surface area contributed by atoms with Crippen LogP contribution in [-0.4, -0.2) is 57.4 Å². The Kier molecular flexibility index (Phi) is 24.0. The average molecular weight is 1480 g/mol. The lowest BCUT2D eigenvalue weighted by Gasteiger charge is -2.38. The lowest BCUT2D eigenvalue weighted by atomic mass is 9.77. The fourth-order valence-corrected chi connectivity index (χ4v) is 10.9. The molecular formula is C70H55ClF20N2O7S. The summed E-state index contributed by atoms with van der Waals surface area (Å²) in [4.78, 5) is 24.3. The van der Waals surface area contributed by atoms with Crippen molar-refractivity contribution in [1.82, 2.24) is 10.0 Å². The molecule has 31 heteroatoms. The Hall–Kier alpha value is -8.90. The van der Waals surface area contributed by atoms with Gasteiger partial charge in [0.25, 0.3) is 11.1 Å². The van der Waals surface area contributed by atoms with Crippen molar-refractivity contribution >= 4 is 33.7 Å². The van der Waals surface area contributed by atoms with Crippen LogP contribution in [0.5, 0.6) is 23.0 Å². The molecule has 0 heterocycles. The van der Waals surface area contributed by atoms with Crippen molar-refractivity contribution < 1.29 is 121 Å². The molecule has 2 fully saturated rings. The summed E-state index contributed by atoms with van der Waals surface area (Å²) in [5, 5.41) is 1.46. The highest BCUT2D eigenvalue weighted by molar-refractivity contribution is 7.84. The summed E-state index contributed by atoms with van der Waals surface area (Å²) in [6, 6.07) is 31.5. The zero-order chi connectivity index (χ0) is 74.4. The van der Waals surface area contributed by atoms with Gasteiger partial charge in [0.15, 0.2) is 23.1 Å². The Balaban J connectivity index is 0.000000217. The smallest absolute Gasteiger partial charge is 0.461 e. The third-order valence-electron chi connectivity index (χ3n) is 15.0. The maximum Gasteiger partial charge on any atom is 0.461 e. The number of alkyl halides is 14. The topological polar surface area (TPSA) is 112 Å². The van der Waals surface area contributed by atoms with Gasteiger partial charge in [0.1, 0.15) is 34.8 Å². The van der Waals surface area contributed by atoms with Crippen LogP contribution in [0.25, 0.3) is 0 Å². The van der Waals surface area contributed by atoms with Crippen LogP contribution in [0.1, 0.15) is 112 Å². The molecule has 8 aromatic carbocycles. The van der Waals surface area contributed by atoms with Gasteiger partial charge >= 0.3 is 37.4 Å². The summed E-state index contributed by atoms with van der Waals surface area (Å²) in [7, 11) is -1.85. The number of rotatable bonds is 23. The van der Waals surface area contributed by atoms with E-state index in [9.17, 15) is 97.2 Å². The van der Waals surface area contributed by atoms with Gasteiger partial charge in [-0.1, -0.05) is 72.8 Å². The zero-order valence-electron chi connectivity index (χ0n) is 52.4. The molecular weight excluding hydrogens is 1430 g/mol. The second kappa shape index (κ2) is 31.1. The number of amides is 1. The van der Waals surface area contributed by atoms with Gasteiger partial charge in [-0.05, 0) is 183 Å². The maximum absolute atomic E-state index is 15.1. The predicted octanol–water partition coefficient (Wildman–Crippen LogP) is 19.3.